The summed E-state index contributed by atoms with van der Waals surface area (Å²) in [6, 6.07) is 9.69. The van der Waals surface area contributed by atoms with Crippen molar-refractivity contribution in [2.75, 3.05) is 25.5 Å². The van der Waals surface area contributed by atoms with E-state index in [1.807, 2.05) is 41.9 Å². The lowest BCUT2D eigenvalue weighted by Gasteiger charge is -2.18. The Kier molecular flexibility index (Phi) is 5.26. The van der Waals surface area contributed by atoms with Crippen molar-refractivity contribution < 1.29 is 9.53 Å². The second kappa shape index (κ2) is 7.59. The topological polar surface area (TPSA) is 59.4 Å². The van der Waals surface area contributed by atoms with E-state index >= 15 is 0 Å². The van der Waals surface area contributed by atoms with E-state index in [0.29, 0.717) is 24.9 Å². The lowest BCUT2D eigenvalue weighted by Crippen LogP contribution is -2.34. The molecule has 134 valence electrons. The monoisotopic (exact) mass is 342 g/mol. The van der Waals surface area contributed by atoms with Gasteiger partial charge in [0.2, 0.25) is 0 Å². The Labute approximate surface area is 148 Å². The molecule has 1 N–H and O–H groups in total. The molecule has 1 aromatic heterocycles. The molecule has 0 aliphatic heterocycles. The van der Waals surface area contributed by atoms with Crippen LogP contribution in [0.25, 0.3) is 0 Å². The maximum atomic E-state index is 12.3. The summed E-state index contributed by atoms with van der Waals surface area (Å²) < 4.78 is 7.73. The Morgan fingerprint density at radius 3 is 2.84 bits per heavy atom. The number of carbonyl (C=O) groups excluding carboxylic acids is 1. The van der Waals surface area contributed by atoms with Crippen LogP contribution in [0.3, 0.4) is 0 Å². The van der Waals surface area contributed by atoms with Gasteiger partial charge in [-0.1, -0.05) is 18.2 Å². The highest BCUT2D eigenvalue weighted by molar-refractivity contribution is 5.88. The minimum atomic E-state index is -0.170. The average Bonchev–Trinajstić information content (AvgIpc) is 3.37. The second-order valence-corrected chi connectivity index (χ2v) is 6.51. The number of likely N-dealkylation sites (N-methyl/N-ethyl adjacent to an activating group) is 1. The van der Waals surface area contributed by atoms with E-state index in [4.69, 9.17) is 4.74 Å². The Morgan fingerprint density at radius 2 is 2.16 bits per heavy atom. The maximum Gasteiger partial charge on any atom is 0.322 e. The summed E-state index contributed by atoms with van der Waals surface area (Å²) in [6.45, 7) is 5.85. The van der Waals surface area contributed by atoms with Gasteiger partial charge in [0.05, 0.1) is 6.54 Å². The highest BCUT2D eigenvalue weighted by atomic mass is 16.5. The fraction of sp³-hybridized carbons (Fsp3) is 0.474. The zero-order valence-corrected chi connectivity index (χ0v) is 15.2. The molecule has 1 fully saturated rings. The number of carbonyl (C=O) groups is 1. The first kappa shape index (κ1) is 17.3. The minimum absolute atomic E-state index is 0.170. The summed E-state index contributed by atoms with van der Waals surface area (Å²) in [5, 5.41) is 7.36. The van der Waals surface area contributed by atoms with E-state index in [9.17, 15) is 4.79 Å². The van der Waals surface area contributed by atoms with E-state index in [0.717, 1.165) is 17.9 Å². The maximum absolute atomic E-state index is 12.3. The molecule has 1 heterocycles. The minimum Gasteiger partial charge on any atom is -0.491 e. The third-order valence-corrected chi connectivity index (χ3v) is 4.47. The SMILES string of the molecule is CCn1nc(NC(=O)N(C)CCOc2ccccc2C)cc1C1CC1. The van der Waals surface area contributed by atoms with E-state index in [1.54, 1.807) is 11.9 Å². The molecule has 1 aliphatic carbocycles. The molecule has 6 heteroatoms. The van der Waals surface area contributed by atoms with E-state index < -0.39 is 0 Å². The van der Waals surface area contributed by atoms with Crippen molar-refractivity contribution in [2.24, 2.45) is 0 Å². The van der Waals surface area contributed by atoms with Crippen molar-refractivity contribution in [2.45, 2.75) is 39.2 Å². The molecule has 1 saturated carbocycles. The third-order valence-electron chi connectivity index (χ3n) is 4.47. The molecule has 25 heavy (non-hydrogen) atoms. The van der Waals surface area contributed by atoms with Gasteiger partial charge in [-0.15, -0.1) is 0 Å². The van der Waals surface area contributed by atoms with Crippen LogP contribution in [0.2, 0.25) is 0 Å². The van der Waals surface area contributed by atoms with Gasteiger partial charge in [-0.25, -0.2) is 4.79 Å². The van der Waals surface area contributed by atoms with E-state index in [1.165, 1.54) is 18.5 Å². The number of rotatable bonds is 7. The third kappa shape index (κ3) is 4.32. The molecule has 0 unspecified atom stereocenters. The number of amides is 2. The summed E-state index contributed by atoms with van der Waals surface area (Å²) in [5.41, 5.74) is 2.32. The number of nitrogens with one attached hydrogen (secondary N) is 1. The summed E-state index contributed by atoms with van der Waals surface area (Å²) in [6.07, 6.45) is 2.43. The smallest absolute Gasteiger partial charge is 0.322 e. The van der Waals surface area contributed by atoms with Gasteiger partial charge in [-0.3, -0.25) is 10.00 Å². The van der Waals surface area contributed by atoms with E-state index in [-0.39, 0.29) is 6.03 Å². The van der Waals surface area contributed by atoms with Crippen molar-refractivity contribution in [1.29, 1.82) is 0 Å². The summed E-state index contributed by atoms with van der Waals surface area (Å²) in [5.74, 6) is 2.09. The van der Waals surface area contributed by atoms with Gasteiger partial charge < -0.3 is 9.64 Å². The number of para-hydroxylation sites is 1. The first-order chi connectivity index (χ1) is 12.1. The fourth-order valence-electron chi connectivity index (χ4n) is 2.77. The number of benzene rings is 1. The van der Waals surface area contributed by atoms with Gasteiger partial charge in [-0.05, 0) is 38.3 Å². The van der Waals surface area contributed by atoms with Crippen LogP contribution in [-0.2, 0) is 6.54 Å². The molecule has 3 rings (SSSR count). The highest BCUT2D eigenvalue weighted by Crippen LogP contribution is 2.40. The van der Waals surface area contributed by atoms with Crippen molar-refractivity contribution >= 4 is 11.8 Å². The van der Waals surface area contributed by atoms with Gasteiger partial charge in [0.15, 0.2) is 5.82 Å². The van der Waals surface area contributed by atoms with Gasteiger partial charge in [0.25, 0.3) is 0 Å². The van der Waals surface area contributed by atoms with E-state index in [2.05, 4.69) is 17.3 Å². The predicted molar refractivity (Wildman–Crippen MR) is 98.2 cm³/mol. The van der Waals surface area contributed by atoms with Crippen LogP contribution in [0.1, 0.15) is 36.9 Å². The first-order valence-electron chi connectivity index (χ1n) is 8.86. The number of nitrogens with zero attached hydrogens (tertiary/aromatic N) is 3. The van der Waals surface area contributed by atoms with Gasteiger partial charge in [0, 0.05) is 31.3 Å². The van der Waals surface area contributed by atoms with Crippen LogP contribution in [0.15, 0.2) is 30.3 Å². The molecule has 6 nitrogen and oxygen atoms in total. The predicted octanol–water partition coefficient (Wildman–Crippen LogP) is 3.63. The van der Waals surface area contributed by atoms with Crippen molar-refractivity contribution in [1.82, 2.24) is 14.7 Å². The van der Waals surface area contributed by atoms with Crippen molar-refractivity contribution in [3.8, 4) is 5.75 Å². The summed E-state index contributed by atoms with van der Waals surface area (Å²) in [7, 11) is 1.76. The highest BCUT2D eigenvalue weighted by Gasteiger charge is 2.28. The van der Waals surface area contributed by atoms with Gasteiger partial charge >= 0.3 is 6.03 Å². The number of ether oxygens (including phenoxy) is 1. The molecule has 2 aromatic rings. The lowest BCUT2D eigenvalue weighted by atomic mass is 10.2. The molecular formula is C19H26N4O2. The number of aryl methyl sites for hydroxylation is 2. The van der Waals surface area contributed by atoms with Crippen LogP contribution in [0.4, 0.5) is 10.6 Å². The molecule has 0 atom stereocenters. The average molecular weight is 342 g/mol. The molecule has 0 spiro atoms. The quantitative estimate of drug-likeness (QED) is 0.836. The molecule has 0 radical (unpaired) electrons. The van der Waals surface area contributed by atoms with Crippen molar-refractivity contribution in [3.63, 3.8) is 0 Å². The Hall–Kier alpha value is -2.50. The van der Waals surface area contributed by atoms with Gasteiger partial charge in [-0.2, -0.15) is 5.10 Å². The number of urea groups is 1. The van der Waals surface area contributed by atoms with Crippen LogP contribution in [0, 0.1) is 6.92 Å². The molecule has 1 aliphatic rings. The van der Waals surface area contributed by atoms with Crippen molar-refractivity contribution in [3.05, 3.63) is 41.6 Å². The van der Waals surface area contributed by atoms with Crippen LogP contribution in [0.5, 0.6) is 5.75 Å². The number of hydrogen-bond acceptors (Lipinski definition) is 3. The lowest BCUT2D eigenvalue weighted by molar-refractivity contribution is 0.207. The largest absolute Gasteiger partial charge is 0.491 e. The molecular weight excluding hydrogens is 316 g/mol. The molecule has 1 aromatic carbocycles. The zero-order valence-electron chi connectivity index (χ0n) is 15.2. The number of anilines is 1. The summed E-state index contributed by atoms with van der Waals surface area (Å²) >= 11 is 0. The Bertz CT molecular complexity index is 737. The molecule has 0 bridgehead atoms. The standard InChI is InChI=1S/C19H26N4O2/c1-4-23-16(15-9-10-15)13-18(21-23)20-19(24)22(3)11-12-25-17-8-6-5-7-14(17)2/h5-8,13,15H,4,9-12H2,1-3H3,(H,20,21,24). The zero-order chi connectivity index (χ0) is 17.8. The number of hydrogen-bond donors (Lipinski definition) is 1. The number of aromatic nitrogens is 2. The van der Waals surface area contributed by atoms with Gasteiger partial charge in [0.1, 0.15) is 12.4 Å². The second-order valence-electron chi connectivity index (χ2n) is 6.51. The van der Waals surface area contributed by atoms with Crippen LogP contribution < -0.4 is 10.1 Å². The fourth-order valence-corrected chi connectivity index (χ4v) is 2.77. The Morgan fingerprint density at radius 1 is 1.40 bits per heavy atom. The Balaban J connectivity index is 1.50. The summed E-state index contributed by atoms with van der Waals surface area (Å²) in [4.78, 5) is 13.9. The van der Waals surface area contributed by atoms with Crippen LogP contribution in [-0.4, -0.2) is 40.9 Å². The molecule has 2 amide bonds. The normalized spacial score (nSPS) is 13.6. The first-order valence-corrected chi connectivity index (χ1v) is 8.86. The van der Waals surface area contributed by atoms with Crippen LogP contribution >= 0.6 is 0 Å². The molecule has 0 saturated heterocycles.